The number of para-hydroxylation sites is 2. The van der Waals surface area contributed by atoms with E-state index in [0.717, 1.165) is 23.2 Å². The molecule has 2 aliphatic rings. The quantitative estimate of drug-likeness (QED) is 0.227. The first-order chi connectivity index (χ1) is 17.7. The molecule has 1 heterocycles. The van der Waals surface area contributed by atoms with Gasteiger partial charge in [0.2, 0.25) is 0 Å². The highest BCUT2D eigenvalue weighted by atomic mass is 19.1. The zero-order valence-corrected chi connectivity index (χ0v) is 19.8. The minimum atomic E-state index is -0.262. The zero-order chi connectivity index (χ0) is 24.3. The molecule has 4 aromatic carbocycles. The first-order valence-electron chi connectivity index (χ1n) is 12.4. The summed E-state index contributed by atoms with van der Waals surface area (Å²) in [6.45, 7) is 0.297. The summed E-state index contributed by atoms with van der Waals surface area (Å²) in [5.74, 6) is 1.44. The van der Waals surface area contributed by atoms with E-state index in [4.69, 9.17) is 9.73 Å². The largest absolute Gasteiger partial charge is 0.488 e. The lowest BCUT2D eigenvalue weighted by Crippen LogP contribution is -2.28. The van der Waals surface area contributed by atoms with Crippen molar-refractivity contribution in [1.29, 1.82) is 0 Å². The molecule has 0 radical (unpaired) electrons. The number of ether oxygens (including phenoxy) is 1. The van der Waals surface area contributed by atoms with Crippen molar-refractivity contribution in [3.8, 4) is 5.75 Å². The molecule has 3 nitrogen and oxygen atoms in total. The molecular weight excluding hydrogens is 447 g/mol. The molecule has 0 saturated carbocycles. The van der Waals surface area contributed by atoms with Gasteiger partial charge in [-0.3, -0.25) is 4.99 Å². The fourth-order valence-corrected chi connectivity index (χ4v) is 5.29. The molecule has 0 saturated heterocycles. The Kier molecular flexibility index (Phi) is 6.08. The Balaban J connectivity index is 1.17. The van der Waals surface area contributed by atoms with Gasteiger partial charge in [-0.2, -0.15) is 0 Å². The van der Waals surface area contributed by atoms with Crippen LogP contribution in [0.3, 0.4) is 0 Å². The van der Waals surface area contributed by atoms with Crippen LogP contribution in [0.25, 0.3) is 0 Å². The Hall–Kier alpha value is -4.18. The van der Waals surface area contributed by atoms with Gasteiger partial charge in [-0.25, -0.2) is 4.39 Å². The Bertz CT molecular complexity index is 1430. The topological polar surface area (TPSA) is 33.6 Å². The molecule has 0 amide bonds. The molecule has 178 valence electrons. The highest BCUT2D eigenvalue weighted by molar-refractivity contribution is 5.85. The summed E-state index contributed by atoms with van der Waals surface area (Å²) < 4.78 is 19.4. The standard InChI is InChI=1S/C32H27FN2O/c33-25-9-5-7-22(19-25)21-36-31-14-4-1-8-24(31)20-34-26-17-15-23(16-18-26)32-29-12-6-11-27(29)28-10-2-3-13-30(28)35-32/h1-11,13-20,27,29,32,35H,12,21H2/t27-,29-,32-/m0/s1. The average Bonchev–Trinajstić information content (AvgIpc) is 3.42. The molecule has 36 heavy (non-hydrogen) atoms. The number of nitrogens with one attached hydrogen (secondary N) is 1. The normalized spacial score (nSPS) is 20.1. The van der Waals surface area contributed by atoms with Gasteiger partial charge in [-0.05, 0) is 71.5 Å². The maximum Gasteiger partial charge on any atom is 0.128 e. The number of rotatable bonds is 6. The van der Waals surface area contributed by atoms with Gasteiger partial charge in [0.05, 0.1) is 11.7 Å². The lowest BCUT2D eigenvalue weighted by atomic mass is 9.77. The second-order valence-corrected chi connectivity index (χ2v) is 9.37. The van der Waals surface area contributed by atoms with Crippen LogP contribution in [0, 0.1) is 11.7 Å². The third-order valence-electron chi connectivity index (χ3n) is 7.08. The highest BCUT2D eigenvalue weighted by Crippen LogP contribution is 2.49. The zero-order valence-electron chi connectivity index (χ0n) is 19.8. The minimum Gasteiger partial charge on any atom is -0.488 e. The van der Waals surface area contributed by atoms with Gasteiger partial charge in [0.15, 0.2) is 0 Å². The molecule has 6 rings (SSSR count). The predicted molar refractivity (Wildman–Crippen MR) is 144 cm³/mol. The van der Waals surface area contributed by atoms with Crippen molar-refractivity contribution < 1.29 is 9.13 Å². The van der Waals surface area contributed by atoms with Gasteiger partial charge < -0.3 is 10.1 Å². The van der Waals surface area contributed by atoms with Crippen LogP contribution in [-0.4, -0.2) is 6.21 Å². The van der Waals surface area contributed by atoms with Crippen LogP contribution in [-0.2, 0) is 6.61 Å². The second-order valence-electron chi connectivity index (χ2n) is 9.37. The van der Waals surface area contributed by atoms with Crippen molar-refractivity contribution in [1.82, 2.24) is 0 Å². The van der Waals surface area contributed by atoms with Crippen LogP contribution in [0.5, 0.6) is 5.75 Å². The smallest absolute Gasteiger partial charge is 0.128 e. The fraction of sp³-hybridized carbons (Fsp3) is 0.156. The maximum atomic E-state index is 13.5. The number of allylic oxidation sites excluding steroid dienone is 2. The summed E-state index contributed by atoms with van der Waals surface area (Å²) in [5.41, 5.74) is 6.45. The Morgan fingerprint density at radius 1 is 0.917 bits per heavy atom. The molecule has 4 aromatic rings. The molecule has 0 bridgehead atoms. The lowest BCUT2D eigenvalue weighted by Gasteiger charge is -2.37. The van der Waals surface area contributed by atoms with Gasteiger partial charge in [0, 0.05) is 23.4 Å². The van der Waals surface area contributed by atoms with Crippen LogP contribution in [0.1, 0.15) is 40.6 Å². The summed E-state index contributed by atoms with van der Waals surface area (Å²) in [7, 11) is 0. The van der Waals surface area contributed by atoms with Gasteiger partial charge >= 0.3 is 0 Å². The monoisotopic (exact) mass is 474 g/mol. The summed E-state index contributed by atoms with van der Waals surface area (Å²) in [5, 5.41) is 3.78. The molecule has 0 spiro atoms. The third-order valence-corrected chi connectivity index (χ3v) is 7.08. The Labute approximate surface area is 211 Å². The fourth-order valence-electron chi connectivity index (χ4n) is 5.29. The SMILES string of the molecule is Fc1cccc(COc2ccccc2C=Nc2ccc([C@@H]3Nc4ccccc4[C@@H]4C=CC[C@@H]43)cc2)c1. The van der Waals surface area contributed by atoms with E-state index in [1.807, 2.05) is 36.5 Å². The van der Waals surface area contributed by atoms with E-state index in [-0.39, 0.29) is 11.9 Å². The number of hydrogen-bond acceptors (Lipinski definition) is 3. The summed E-state index contributed by atoms with van der Waals surface area (Å²) in [6, 6.07) is 31.6. The lowest BCUT2D eigenvalue weighted by molar-refractivity contribution is 0.305. The number of anilines is 1. The Morgan fingerprint density at radius 2 is 1.75 bits per heavy atom. The van der Waals surface area contributed by atoms with Crippen LogP contribution in [0.4, 0.5) is 15.8 Å². The van der Waals surface area contributed by atoms with Gasteiger partial charge in [0.1, 0.15) is 18.2 Å². The van der Waals surface area contributed by atoms with Crippen LogP contribution in [0.2, 0.25) is 0 Å². The van der Waals surface area contributed by atoms with Crippen LogP contribution >= 0.6 is 0 Å². The van der Waals surface area contributed by atoms with E-state index in [0.29, 0.717) is 24.2 Å². The number of halogens is 1. The molecule has 0 fully saturated rings. The van der Waals surface area contributed by atoms with Crippen molar-refractivity contribution in [2.75, 3.05) is 5.32 Å². The number of hydrogen-bond donors (Lipinski definition) is 1. The van der Waals surface area contributed by atoms with Crippen molar-refractivity contribution >= 4 is 17.6 Å². The number of aliphatic imine (C=N–C) groups is 1. The van der Waals surface area contributed by atoms with Gasteiger partial charge in [0.25, 0.3) is 0 Å². The highest BCUT2D eigenvalue weighted by Gasteiger charge is 2.37. The van der Waals surface area contributed by atoms with Crippen LogP contribution in [0.15, 0.2) is 114 Å². The van der Waals surface area contributed by atoms with E-state index in [1.54, 1.807) is 6.07 Å². The molecule has 1 aliphatic heterocycles. The van der Waals surface area contributed by atoms with Gasteiger partial charge in [-0.15, -0.1) is 0 Å². The van der Waals surface area contributed by atoms with E-state index in [1.165, 1.54) is 28.9 Å². The summed E-state index contributed by atoms with van der Waals surface area (Å²) in [4.78, 5) is 4.70. The molecule has 4 heteroatoms. The van der Waals surface area contributed by atoms with E-state index < -0.39 is 0 Å². The third kappa shape index (κ3) is 4.55. The summed E-state index contributed by atoms with van der Waals surface area (Å²) >= 11 is 0. The van der Waals surface area contributed by atoms with Crippen LogP contribution < -0.4 is 10.1 Å². The van der Waals surface area contributed by atoms with Crippen molar-refractivity contribution in [3.05, 3.63) is 137 Å². The average molecular weight is 475 g/mol. The number of fused-ring (bicyclic) bond motifs is 3. The molecule has 0 unspecified atom stereocenters. The first-order valence-corrected chi connectivity index (χ1v) is 12.4. The molecule has 0 aromatic heterocycles. The molecule has 1 aliphatic carbocycles. The van der Waals surface area contributed by atoms with Crippen molar-refractivity contribution in [3.63, 3.8) is 0 Å². The molecular formula is C32H27FN2O. The van der Waals surface area contributed by atoms with E-state index in [2.05, 4.69) is 66.0 Å². The second kappa shape index (κ2) is 9.82. The summed E-state index contributed by atoms with van der Waals surface area (Å²) in [6.07, 6.45) is 7.59. The number of nitrogens with zero attached hydrogens (tertiary/aromatic N) is 1. The maximum absolute atomic E-state index is 13.5. The first kappa shape index (κ1) is 22.3. The Morgan fingerprint density at radius 3 is 2.64 bits per heavy atom. The van der Waals surface area contributed by atoms with Crippen molar-refractivity contribution in [2.45, 2.75) is 25.0 Å². The van der Waals surface area contributed by atoms with E-state index in [9.17, 15) is 4.39 Å². The van der Waals surface area contributed by atoms with Gasteiger partial charge in [-0.1, -0.05) is 66.7 Å². The molecule has 1 N–H and O–H groups in total. The molecule has 3 atom stereocenters. The van der Waals surface area contributed by atoms with E-state index >= 15 is 0 Å². The number of benzene rings is 4. The minimum absolute atomic E-state index is 0.262. The predicted octanol–water partition coefficient (Wildman–Crippen LogP) is 7.98. The van der Waals surface area contributed by atoms with Crippen molar-refractivity contribution in [2.24, 2.45) is 10.9 Å².